The standard InChI is InChI=1S/C16H22N4O/c1-4-5-11-20(13-9-7-6-8-10-13)16(21)15-14(17)12(2)18-19(15)3/h6-10H,4-5,11,17H2,1-3H3. The maximum Gasteiger partial charge on any atom is 0.278 e. The summed E-state index contributed by atoms with van der Waals surface area (Å²) >= 11 is 0. The van der Waals surface area contributed by atoms with Crippen LogP contribution in [-0.2, 0) is 7.05 Å². The van der Waals surface area contributed by atoms with E-state index in [9.17, 15) is 4.79 Å². The molecule has 21 heavy (non-hydrogen) atoms. The van der Waals surface area contributed by atoms with Gasteiger partial charge in [0.25, 0.3) is 5.91 Å². The number of amides is 1. The molecule has 1 aromatic carbocycles. The molecule has 0 atom stereocenters. The summed E-state index contributed by atoms with van der Waals surface area (Å²) < 4.78 is 1.56. The Morgan fingerprint density at radius 3 is 2.52 bits per heavy atom. The number of rotatable bonds is 5. The first kappa shape index (κ1) is 15.1. The lowest BCUT2D eigenvalue weighted by Gasteiger charge is -2.23. The Morgan fingerprint density at radius 2 is 2.00 bits per heavy atom. The maximum atomic E-state index is 12.9. The van der Waals surface area contributed by atoms with Crippen LogP contribution in [0.1, 0.15) is 35.9 Å². The number of hydrogen-bond acceptors (Lipinski definition) is 3. The monoisotopic (exact) mass is 286 g/mol. The number of aryl methyl sites for hydroxylation is 2. The first-order valence-electron chi connectivity index (χ1n) is 7.22. The van der Waals surface area contributed by atoms with Gasteiger partial charge < -0.3 is 10.6 Å². The number of aromatic nitrogens is 2. The number of carbonyl (C=O) groups is 1. The van der Waals surface area contributed by atoms with Crippen molar-refractivity contribution >= 4 is 17.3 Å². The van der Waals surface area contributed by atoms with Crippen molar-refractivity contribution < 1.29 is 4.79 Å². The van der Waals surface area contributed by atoms with Crippen molar-refractivity contribution in [3.8, 4) is 0 Å². The molecule has 2 N–H and O–H groups in total. The molecule has 0 spiro atoms. The van der Waals surface area contributed by atoms with Crippen molar-refractivity contribution in [1.82, 2.24) is 9.78 Å². The highest BCUT2D eigenvalue weighted by atomic mass is 16.2. The fourth-order valence-electron chi connectivity index (χ4n) is 2.33. The molecule has 0 fully saturated rings. The van der Waals surface area contributed by atoms with Gasteiger partial charge in [0.15, 0.2) is 0 Å². The molecule has 0 aliphatic heterocycles. The summed E-state index contributed by atoms with van der Waals surface area (Å²) in [6, 6.07) is 9.67. The molecule has 1 heterocycles. The van der Waals surface area contributed by atoms with Crippen LogP contribution in [0.3, 0.4) is 0 Å². The van der Waals surface area contributed by atoms with Crippen LogP contribution in [0.5, 0.6) is 0 Å². The molecular formula is C16H22N4O. The van der Waals surface area contributed by atoms with Crippen molar-refractivity contribution in [3.05, 3.63) is 41.7 Å². The number of benzene rings is 1. The zero-order valence-corrected chi connectivity index (χ0v) is 12.8. The lowest BCUT2D eigenvalue weighted by atomic mass is 10.2. The Hall–Kier alpha value is -2.30. The van der Waals surface area contributed by atoms with Crippen LogP contribution >= 0.6 is 0 Å². The molecule has 1 aromatic heterocycles. The topological polar surface area (TPSA) is 64.2 Å². The predicted octanol–water partition coefficient (Wildman–Crippen LogP) is 2.76. The van der Waals surface area contributed by atoms with Gasteiger partial charge in [-0.2, -0.15) is 5.10 Å². The van der Waals surface area contributed by atoms with Crippen molar-refractivity contribution in [1.29, 1.82) is 0 Å². The number of nitrogens with zero attached hydrogens (tertiary/aromatic N) is 3. The van der Waals surface area contributed by atoms with E-state index in [2.05, 4.69) is 12.0 Å². The SMILES string of the molecule is CCCCN(C(=O)c1c(N)c(C)nn1C)c1ccccc1. The van der Waals surface area contributed by atoms with Crippen LogP contribution in [0.25, 0.3) is 0 Å². The molecule has 0 saturated carbocycles. The lowest BCUT2D eigenvalue weighted by molar-refractivity contribution is 0.0978. The molecular weight excluding hydrogens is 264 g/mol. The van der Waals surface area contributed by atoms with Gasteiger partial charge in [-0.1, -0.05) is 31.5 Å². The smallest absolute Gasteiger partial charge is 0.278 e. The van der Waals surface area contributed by atoms with Crippen LogP contribution in [-0.4, -0.2) is 22.2 Å². The first-order chi connectivity index (χ1) is 10.1. The quantitative estimate of drug-likeness (QED) is 0.919. The predicted molar refractivity (Wildman–Crippen MR) is 85.4 cm³/mol. The number of hydrogen-bond donors (Lipinski definition) is 1. The third kappa shape index (κ3) is 3.07. The summed E-state index contributed by atoms with van der Waals surface area (Å²) in [6.07, 6.45) is 1.97. The zero-order valence-electron chi connectivity index (χ0n) is 12.8. The van der Waals surface area contributed by atoms with Gasteiger partial charge in [0.2, 0.25) is 0 Å². The molecule has 0 radical (unpaired) electrons. The highest BCUT2D eigenvalue weighted by molar-refractivity contribution is 6.08. The summed E-state index contributed by atoms with van der Waals surface area (Å²) in [7, 11) is 1.75. The second-order valence-electron chi connectivity index (χ2n) is 5.12. The number of carbonyl (C=O) groups excluding carboxylic acids is 1. The highest BCUT2D eigenvalue weighted by Crippen LogP contribution is 2.22. The number of unbranched alkanes of at least 4 members (excludes halogenated alkanes) is 1. The van der Waals surface area contributed by atoms with Crippen LogP contribution in [0.15, 0.2) is 30.3 Å². The summed E-state index contributed by atoms with van der Waals surface area (Å²) in [5.41, 5.74) is 8.50. The highest BCUT2D eigenvalue weighted by Gasteiger charge is 2.24. The molecule has 0 bridgehead atoms. The fourth-order valence-corrected chi connectivity index (χ4v) is 2.33. The number of nitrogen functional groups attached to an aromatic ring is 1. The molecule has 0 aliphatic carbocycles. The van der Waals surface area contributed by atoms with Crippen molar-refractivity contribution in [2.24, 2.45) is 7.05 Å². The zero-order chi connectivity index (χ0) is 15.4. The Labute approximate surface area is 125 Å². The largest absolute Gasteiger partial charge is 0.395 e. The van der Waals surface area contributed by atoms with E-state index in [0.717, 1.165) is 18.5 Å². The van der Waals surface area contributed by atoms with Crippen molar-refractivity contribution in [3.63, 3.8) is 0 Å². The Balaban J connectivity index is 2.39. The molecule has 112 valence electrons. The number of anilines is 2. The Kier molecular flexibility index (Phi) is 4.62. The summed E-state index contributed by atoms with van der Waals surface area (Å²) in [6.45, 7) is 4.59. The average molecular weight is 286 g/mol. The Bertz CT molecular complexity index is 619. The minimum absolute atomic E-state index is 0.102. The first-order valence-corrected chi connectivity index (χ1v) is 7.22. The van der Waals surface area contributed by atoms with Gasteiger partial charge in [0, 0.05) is 19.3 Å². The minimum Gasteiger partial charge on any atom is -0.395 e. The number of para-hydroxylation sites is 1. The van der Waals surface area contributed by atoms with Crippen LogP contribution in [0.2, 0.25) is 0 Å². The lowest BCUT2D eigenvalue weighted by Crippen LogP contribution is -2.33. The fraction of sp³-hybridized carbons (Fsp3) is 0.375. The van der Waals surface area contributed by atoms with E-state index in [1.165, 1.54) is 0 Å². The van der Waals surface area contributed by atoms with E-state index >= 15 is 0 Å². The van der Waals surface area contributed by atoms with Gasteiger partial charge in [-0.3, -0.25) is 9.48 Å². The molecule has 5 nitrogen and oxygen atoms in total. The van der Waals surface area contributed by atoms with Crippen LogP contribution < -0.4 is 10.6 Å². The van der Waals surface area contributed by atoms with Crippen molar-refractivity contribution in [2.75, 3.05) is 17.2 Å². The van der Waals surface area contributed by atoms with Gasteiger partial charge in [-0.05, 0) is 25.5 Å². The third-order valence-electron chi connectivity index (χ3n) is 3.52. The molecule has 0 aliphatic rings. The molecule has 5 heteroatoms. The Morgan fingerprint density at radius 1 is 1.33 bits per heavy atom. The molecule has 2 aromatic rings. The van der Waals surface area contributed by atoms with Crippen molar-refractivity contribution in [2.45, 2.75) is 26.7 Å². The minimum atomic E-state index is -0.102. The van der Waals surface area contributed by atoms with Gasteiger partial charge in [0.1, 0.15) is 5.69 Å². The van der Waals surface area contributed by atoms with Gasteiger partial charge in [0.05, 0.1) is 11.4 Å². The van der Waals surface area contributed by atoms with E-state index in [1.807, 2.05) is 37.3 Å². The normalized spacial score (nSPS) is 10.6. The number of nitrogens with two attached hydrogens (primary N) is 1. The second kappa shape index (κ2) is 6.43. The second-order valence-corrected chi connectivity index (χ2v) is 5.12. The van der Waals surface area contributed by atoms with Crippen LogP contribution in [0, 0.1) is 6.92 Å². The van der Waals surface area contributed by atoms with Crippen LogP contribution in [0.4, 0.5) is 11.4 Å². The average Bonchev–Trinajstić information content (AvgIpc) is 2.73. The summed E-state index contributed by atoms with van der Waals surface area (Å²) in [5.74, 6) is -0.102. The third-order valence-corrected chi connectivity index (χ3v) is 3.52. The van der Waals surface area contributed by atoms with E-state index in [4.69, 9.17) is 5.73 Å². The summed E-state index contributed by atoms with van der Waals surface area (Å²) in [5, 5.41) is 4.23. The van der Waals surface area contributed by atoms with E-state index in [1.54, 1.807) is 16.6 Å². The van der Waals surface area contributed by atoms with E-state index in [-0.39, 0.29) is 5.91 Å². The molecule has 0 unspecified atom stereocenters. The molecule has 1 amide bonds. The van der Waals surface area contributed by atoms with E-state index in [0.29, 0.717) is 23.6 Å². The molecule has 2 rings (SSSR count). The maximum absolute atomic E-state index is 12.9. The van der Waals surface area contributed by atoms with Gasteiger partial charge >= 0.3 is 0 Å². The van der Waals surface area contributed by atoms with E-state index < -0.39 is 0 Å². The molecule has 0 saturated heterocycles. The van der Waals surface area contributed by atoms with Gasteiger partial charge in [-0.25, -0.2) is 0 Å². The summed E-state index contributed by atoms with van der Waals surface area (Å²) in [4.78, 5) is 14.7. The van der Waals surface area contributed by atoms with Gasteiger partial charge in [-0.15, -0.1) is 0 Å².